The fraction of sp³-hybridized carbons (Fsp3) is 0.300. The number of aryl methyl sites for hydroxylation is 2. The molecule has 1 atom stereocenters. The van der Waals surface area contributed by atoms with Crippen LogP contribution in [-0.2, 0) is 6.42 Å². The summed E-state index contributed by atoms with van der Waals surface area (Å²) in [5.41, 5.74) is 7.60. The van der Waals surface area contributed by atoms with E-state index in [-0.39, 0.29) is 5.91 Å². The van der Waals surface area contributed by atoms with E-state index in [1.807, 2.05) is 37.3 Å². The van der Waals surface area contributed by atoms with Crippen molar-refractivity contribution >= 4 is 22.6 Å². The van der Waals surface area contributed by atoms with Gasteiger partial charge in [-0.2, -0.15) is 5.10 Å². The molecule has 0 bridgehead atoms. The van der Waals surface area contributed by atoms with Crippen LogP contribution in [0.4, 0.5) is 5.69 Å². The molecule has 2 aliphatic rings. The third-order valence-corrected chi connectivity index (χ3v) is 7.56. The zero-order valence-corrected chi connectivity index (χ0v) is 21.2. The van der Waals surface area contributed by atoms with E-state index in [0.717, 1.165) is 72.4 Å². The van der Waals surface area contributed by atoms with Gasteiger partial charge in [-0.25, -0.2) is 4.98 Å². The maximum atomic E-state index is 13.1. The van der Waals surface area contributed by atoms with Gasteiger partial charge in [0.05, 0.1) is 6.20 Å². The van der Waals surface area contributed by atoms with Crippen LogP contribution in [0.5, 0.6) is 0 Å². The van der Waals surface area contributed by atoms with Crippen molar-refractivity contribution in [1.29, 1.82) is 0 Å². The average Bonchev–Trinajstić information content (AvgIpc) is 3.56. The molecule has 1 amide bonds. The number of benzene rings is 2. The molecular formula is C30H30N6O. The fourth-order valence-electron chi connectivity index (χ4n) is 5.33. The maximum absolute atomic E-state index is 13.1. The molecule has 0 radical (unpaired) electrons. The Hall–Kier alpha value is -3.99. The topological polar surface area (TPSA) is 77.2 Å². The molecular weight excluding hydrogens is 460 g/mol. The maximum Gasteiger partial charge on any atom is 0.255 e. The van der Waals surface area contributed by atoms with Gasteiger partial charge in [-0.05, 0) is 73.8 Å². The molecule has 1 aliphatic carbocycles. The summed E-state index contributed by atoms with van der Waals surface area (Å²) in [6.45, 7) is 6.47. The molecule has 1 fully saturated rings. The highest BCUT2D eigenvalue weighted by atomic mass is 16.1. The first-order chi connectivity index (χ1) is 18.0. The summed E-state index contributed by atoms with van der Waals surface area (Å²) in [5, 5.41) is 10.8. The first-order valence-corrected chi connectivity index (χ1v) is 12.8. The van der Waals surface area contributed by atoms with Crippen molar-refractivity contribution in [3.8, 4) is 11.8 Å². The van der Waals surface area contributed by atoms with Crippen LogP contribution in [0.25, 0.3) is 11.0 Å². The van der Waals surface area contributed by atoms with Crippen LogP contribution in [0.1, 0.15) is 50.6 Å². The molecule has 37 heavy (non-hydrogen) atoms. The molecule has 2 N–H and O–H groups in total. The lowest BCUT2D eigenvalue weighted by atomic mass is 10.0. The summed E-state index contributed by atoms with van der Waals surface area (Å²) in [6.07, 6.45) is 5.63. The number of nitrogens with one attached hydrogen (secondary N) is 2. The summed E-state index contributed by atoms with van der Waals surface area (Å²) in [7, 11) is 2.19. The molecule has 1 saturated heterocycles. The number of pyridine rings is 1. The number of nitrogens with zero attached hydrogens (tertiary/aromatic N) is 4. The summed E-state index contributed by atoms with van der Waals surface area (Å²) < 4.78 is 0. The molecule has 186 valence electrons. The fourth-order valence-corrected chi connectivity index (χ4v) is 5.33. The highest BCUT2D eigenvalue weighted by Gasteiger charge is 2.30. The minimum atomic E-state index is -0.0942. The Morgan fingerprint density at radius 1 is 1.05 bits per heavy atom. The van der Waals surface area contributed by atoms with Crippen LogP contribution >= 0.6 is 0 Å². The molecule has 2 aromatic carbocycles. The van der Waals surface area contributed by atoms with E-state index in [1.54, 1.807) is 12.4 Å². The van der Waals surface area contributed by atoms with Crippen molar-refractivity contribution in [2.24, 2.45) is 0 Å². The molecule has 0 unspecified atom stereocenters. The van der Waals surface area contributed by atoms with Gasteiger partial charge in [0, 0.05) is 66.2 Å². The minimum Gasteiger partial charge on any atom is -0.322 e. The van der Waals surface area contributed by atoms with E-state index >= 15 is 0 Å². The van der Waals surface area contributed by atoms with Crippen molar-refractivity contribution in [3.05, 3.63) is 88.2 Å². The van der Waals surface area contributed by atoms with Crippen LogP contribution in [0, 0.1) is 18.8 Å². The SMILES string of the molecule is Cc1ccc(NC(=O)c2ccc3c(c2)CC[C@@H]3N2CCN(C)CC2)cc1C#Cc1cnc2[nH]ncc2c1. The third-order valence-electron chi connectivity index (χ3n) is 7.56. The van der Waals surface area contributed by atoms with Crippen molar-refractivity contribution in [2.75, 3.05) is 38.5 Å². The van der Waals surface area contributed by atoms with Crippen LogP contribution < -0.4 is 5.32 Å². The van der Waals surface area contributed by atoms with E-state index in [0.29, 0.717) is 11.6 Å². The van der Waals surface area contributed by atoms with E-state index in [1.165, 1.54) is 11.1 Å². The number of H-pyrrole nitrogens is 1. The number of anilines is 1. The molecule has 7 heteroatoms. The predicted octanol–water partition coefficient (Wildman–Crippen LogP) is 4.15. The van der Waals surface area contributed by atoms with Gasteiger partial charge in [-0.15, -0.1) is 0 Å². The lowest BCUT2D eigenvalue weighted by Crippen LogP contribution is -2.45. The molecule has 0 saturated carbocycles. The Morgan fingerprint density at radius 3 is 2.78 bits per heavy atom. The molecule has 1 aliphatic heterocycles. The number of fused-ring (bicyclic) bond motifs is 2. The van der Waals surface area contributed by atoms with Crippen LogP contribution in [-0.4, -0.2) is 64.1 Å². The van der Waals surface area contributed by atoms with Gasteiger partial charge in [-0.3, -0.25) is 14.8 Å². The number of likely N-dealkylation sites (N-methyl/N-ethyl adjacent to an activating group) is 1. The Kier molecular flexibility index (Phi) is 6.21. The largest absolute Gasteiger partial charge is 0.322 e. The summed E-state index contributed by atoms with van der Waals surface area (Å²) in [6, 6.07) is 14.5. The molecule has 7 nitrogen and oxygen atoms in total. The highest BCUT2D eigenvalue weighted by molar-refractivity contribution is 6.04. The number of aromatic nitrogens is 3. The van der Waals surface area contributed by atoms with Crippen molar-refractivity contribution in [3.63, 3.8) is 0 Å². The quantitative estimate of drug-likeness (QED) is 0.422. The zero-order valence-electron chi connectivity index (χ0n) is 21.2. The summed E-state index contributed by atoms with van der Waals surface area (Å²) >= 11 is 0. The number of piperazine rings is 1. The zero-order chi connectivity index (χ0) is 25.4. The number of carbonyl (C=O) groups excluding carboxylic acids is 1. The first kappa shape index (κ1) is 23.4. The lowest BCUT2D eigenvalue weighted by Gasteiger charge is -2.36. The number of carbonyl (C=O) groups is 1. The van der Waals surface area contributed by atoms with Gasteiger partial charge in [0.25, 0.3) is 5.91 Å². The van der Waals surface area contributed by atoms with E-state index < -0.39 is 0 Å². The second-order valence-electron chi connectivity index (χ2n) is 10.1. The summed E-state index contributed by atoms with van der Waals surface area (Å²) in [4.78, 5) is 22.5. The Balaban J connectivity index is 1.17. The van der Waals surface area contributed by atoms with Gasteiger partial charge >= 0.3 is 0 Å². The first-order valence-electron chi connectivity index (χ1n) is 12.8. The van der Waals surface area contributed by atoms with Gasteiger partial charge < -0.3 is 10.2 Å². The highest BCUT2D eigenvalue weighted by Crippen LogP contribution is 2.36. The normalized spacial score (nSPS) is 17.8. The average molecular weight is 491 g/mol. The number of aromatic amines is 1. The number of amides is 1. The van der Waals surface area contributed by atoms with Crippen molar-refractivity contribution in [1.82, 2.24) is 25.0 Å². The van der Waals surface area contributed by atoms with Crippen molar-refractivity contribution < 1.29 is 4.79 Å². The minimum absolute atomic E-state index is 0.0942. The van der Waals surface area contributed by atoms with Gasteiger partial charge in [0.1, 0.15) is 0 Å². The van der Waals surface area contributed by atoms with E-state index in [4.69, 9.17) is 0 Å². The van der Waals surface area contributed by atoms with Crippen LogP contribution in [0.2, 0.25) is 0 Å². The van der Waals surface area contributed by atoms with Crippen molar-refractivity contribution in [2.45, 2.75) is 25.8 Å². The van der Waals surface area contributed by atoms with Gasteiger partial charge in [-0.1, -0.05) is 24.0 Å². The smallest absolute Gasteiger partial charge is 0.255 e. The summed E-state index contributed by atoms with van der Waals surface area (Å²) in [5.74, 6) is 6.32. The Morgan fingerprint density at radius 2 is 1.92 bits per heavy atom. The standard InChI is InChI=1S/C30H30N6O/c1-20-3-8-26(17-22(20)5-4-21-15-25-19-32-34-29(25)31-18-21)33-30(37)24-6-9-27-23(16-24)7-10-28(27)36-13-11-35(2)12-14-36/h3,6,8-9,15-19,28H,7,10-14H2,1-2H3,(H,33,37)(H,31,32,34)/t28-/m0/s1. The molecule has 4 aromatic rings. The van der Waals surface area contributed by atoms with E-state index in [2.05, 4.69) is 61.3 Å². The van der Waals surface area contributed by atoms with Crippen LogP contribution in [0.15, 0.2) is 54.9 Å². The molecule has 3 heterocycles. The number of hydrogen-bond acceptors (Lipinski definition) is 5. The Labute approximate surface area is 216 Å². The molecule has 2 aromatic heterocycles. The van der Waals surface area contributed by atoms with Gasteiger partial charge in [0.15, 0.2) is 5.65 Å². The molecule has 6 rings (SSSR count). The second-order valence-corrected chi connectivity index (χ2v) is 10.1. The monoisotopic (exact) mass is 490 g/mol. The lowest BCUT2D eigenvalue weighted by molar-refractivity contribution is 0.102. The van der Waals surface area contributed by atoms with Gasteiger partial charge in [0.2, 0.25) is 0 Å². The Bertz CT molecular complexity index is 1540. The second kappa shape index (κ2) is 9.81. The predicted molar refractivity (Wildman–Crippen MR) is 146 cm³/mol. The van der Waals surface area contributed by atoms with E-state index in [9.17, 15) is 4.79 Å². The molecule has 0 spiro atoms. The third kappa shape index (κ3) is 4.86. The number of hydrogen-bond donors (Lipinski definition) is 2. The van der Waals surface area contributed by atoms with Crippen LogP contribution in [0.3, 0.4) is 0 Å². The number of rotatable bonds is 3.